The average Bonchev–Trinajstić information content (AvgIpc) is 3.11. The summed E-state index contributed by atoms with van der Waals surface area (Å²) < 4.78 is 21.6. The molecule has 1 aliphatic heterocycles. The molecule has 0 spiro atoms. The van der Waals surface area contributed by atoms with Crippen molar-refractivity contribution >= 4 is 17.7 Å². The summed E-state index contributed by atoms with van der Waals surface area (Å²) in [7, 11) is 6.23. The van der Waals surface area contributed by atoms with E-state index < -0.39 is 0 Å². The van der Waals surface area contributed by atoms with E-state index in [1.54, 1.807) is 45.2 Å². The van der Waals surface area contributed by atoms with E-state index in [0.717, 1.165) is 11.1 Å². The average molecular weight is 419 g/mol. The first kappa shape index (κ1) is 21.0. The molecule has 0 radical (unpaired) electrons. The second-order valence-electron chi connectivity index (χ2n) is 6.43. The minimum Gasteiger partial charge on any atom is -0.504 e. The Morgan fingerprint density at radius 1 is 1.00 bits per heavy atom. The fourth-order valence-corrected chi connectivity index (χ4v) is 4.63. The SMILES string of the molecule is COc1cc(CCN2C(=O)CSC2c2ccc(OC)c(OC)c2OC)ccc1O. The number of ether oxygens (including phenoxy) is 4. The lowest BCUT2D eigenvalue weighted by Gasteiger charge is -2.26. The highest BCUT2D eigenvalue weighted by Crippen LogP contribution is 2.48. The predicted molar refractivity (Wildman–Crippen MR) is 111 cm³/mol. The summed E-state index contributed by atoms with van der Waals surface area (Å²) in [5, 5.41) is 9.58. The number of hydrogen-bond acceptors (Lipinski definition) is 7. The summed E-state index contributed by atoms with van der Waals surface area (Å²) in [5.41, 5.74) is 1.84. The van der Waals surface area contributed by atoms with E-state index in [1.165, 1.54) is 7.11 Å². The molecule has 1 amide bonds. The quantitative estimate of drug-likeness (QED) is 0.704. The Morgan fingerprint density at radius 3 is 2.38 bits per heavy atom. The van der Waals surface area contributed by atoms with E-state index in [4.69, 9.17) is 18.9 Å². The Bertz CT molecular complexity index is 888. The first-order valence-corrected chi connectivity index (χ1v) is 10.1. The van der Waals surface area contributed by atoms with Crippen molar-refractivity contribution in [2.75, 3.05) is 40.7 Å². The first-order valence-electron chi connectivity index (χ1n) is 9.09. The van der Waals surface area contributed by atoms with Crippen LogP contribution >= 0.6 is 11.8 Å². The van der Waals surface area contributed by atoms with Crippen molar-refractivity contribution in [3.63, 3.8) is 0 Å². The van der Waals surface area contributed by atoms with Gasteiger partial charge in [0.05, 0.1) is 34.2 Å². The number of nitrogens with zero attached hydrogens (tertiary/aromatic N) is 1. The summed E-state index contributed by atoms with van der Waals surface area (Å²) >= 11 is 1.55. The van der Waals surface area contributed by atoms with Crippen LogP contribution in [0.1, 0.15) is 16.5 Å². The smallest absolute Gasteiger partial charge is 0.233 e. The van der Waals surface area contributed by atoms with Crippen LogP contribution in [0.25, 0.3) is 0 Å². The number of carbonyl (C=O) groups is 1. The Hall–Kier alpha value is -2.74. The molecule has 1 heterocycles. The van der Waals surface area contributed by atoms with E-state index >= 15 is 0 Å². The lowest BCUT2D eigenvalue weighted by molar-refractivity contribution is -0.128. The summed E-state index contributed by atoms with van der Waals surface area (Å²) in [5.74, 6) is 2.64. The van der Waals surface area contributed by atoms with E-state index in [2.05, 4.69) is 0 Å². The number of carbonyl (C=O) groups excluding carboxylic acids is 1. The van der Waals surface area contributed by atoms with Gasteiger partial charge >= 0.3 is 0 Å². The molecule has 7 nitrogen and oxygen atoms in total. The molecule has 2 aromatic carbocycles. The maximum atomic E-state index is 12.6. The number of aromatic hydroxyl groups is 1. The molecular formula is C21H25NO6S. The van der Waals surface area contributed by atoms with Crippen molar-refractivity contribution in [1.82, 2.24) is 4.90 Å². The second kappa shape index (κ2) is 9.17. The first-order chi connectivity index (χ1) is 14.0. The van der Waals surface area contributed by atoms with Crippen LogP contribution in [-0.2, 0) is 11.2 Å². The highest BCUT2D eigenvalue weighted by atomic mass is 32.2. The van der Waals surface area contributed by atoms with Crippen LogP contribution in [0.2, 0.25) is 0 Å². The molecule has 1 saturated heterocycles. The largest absolute Gasteiger partial charge is 0.504 e. The van der Waals surface area contributed by atoms with Crippen molar-refractivity contribution in [3.05, 3.63) is 41.5 Å². The Kier molecular flexibility index (Phi) is 6.64. The lowest BCUT2D eigenvalue weighted by atomic mass is 10.1. The highest BCUT2D eigenvalue weighted by molar-refractivity contribution is 8.00. The van der Waals surface area contributed by atoms with Crippen molar-refractivity contribution < 1.29 is 28.8 Å². The van der Waals surface area contributed by atoms with E-state index in [1.807, 2.05) is 23.1 Å². The molecule has 156 valence electrons. The van der Waals surface area contributed by atoms with Gasteiger partial charge in [-0.1, -0.05) is 6.07 Å². The summed E-state index contributed by atoms with van der Waals surface area (Å²) in [6, 6.07) is 8.95. The number of phenolic OH excluding ortho intramolecular Hbond substituents is 1. The molecule has 1 atom stereocenters. The second-order valence-corrected chi connectivity index (χ2v) is 7.50. The van der Waals surface area contributed by atoms with Gasteiger partial charge in [-0.3, -0.25) is 4.79 Å². The molecule has 0 saturated carbocycles. The maximum Gasteiger partial charge on any atom is 0.233 e. The van der Waals surface area contributed by atoms with Crippen LogP contribution in [0, 0.1) is 0 Å². The molecule has 8 heteroatoms. The number of hydrogen-bond donors (Lipinski definition) is 1. The number of methoxy groups -OCH3 is 4. The van der Waals surface area contributed by atoms with E-state index in [-0.39, 0.29) is 17.0 Å². The normalized spacial score (nSPS) is 16.1. The molecule has 0 aromatic heterocycles. The van der Waals surface area contributed by atoms with Gasteiger partial charge < -0.3 is 29.0 Å². The number of rotatable bonds is 8. The molecular weight excluding hydrogens is 394 g/mol. The van der Waals surface area contributed by atoms with Crippen LogP contribution in [0.5, 0.6) is 28.7 Å². The van der Waals surface area contributed by atoms with Gasteiger partial charge in [-0.05, 0) is 36.2 Å². The van der Waals surface area contributed by atoms with Gasteiger partial charge in [-0.25, -0.2) is 0 Å². The van der Waals surface area contributed by atoms with Crippen LogP contribution in [0.4, 0.5) is 0 Å². The molecule has 29 heavy (non-hydrogen) atoms. The Morgan fingerprint density at radius 2 is 1.72 bits per heavy atom. The predicted octanol–water partition coefficient (Wildman–Crippen LogP) is 3.24. The van der Waals surface area contributed by atoms with Gasteiger partial charge in [-0.15, -0.1) is 11.8 Å². The van der Waals surface area contributed by atoms with Gasteiger partial charge in [0, 0.05) is 12.1 Å². The van der Waals surface area contributed by atoms with Crippen LogP contribution < -0.4 is 18.9 Å². The molecule has 0 bridgehead atoms. The van der Waals surface area contributed by atoms with Crippen molar-refractivity contribution in [2.24, 2.45) is 0 Å². The third-order valence-electron chi connectivity index (χ3n) is 4.85. The van der Waals surface area contributed by atoms with E-state index in [0.29, 0.717) is 41.7 Å². The molecule has 1 unspecified atom stereocenters. The third-order valence-corrected chi connectivity index (χ3v) is 6.09. The zero-order valence-corrected chi connectivity index (χ0v) is 17.7. The Labute approximate surface area is 174 Å². The van der Waals surface area contributed by atoms with Gasteiger partial charge in [0.15, 0.2) is 23.0 Å². The number of amides is 1. The van der Waals surface area contributed by atoms with Gasteiger partial charge in [0.25, 0.3) is 0 Å². The van der Waals surface area contributed by atoms with Gasteiger partial charge in [0.2, 0.25) is 11.7 Å². The fraction of sp³-hybridized carbons (Fsp3) is 0.381. The summed E-state index contributed by atoms with van der Waals surface area (Å²) in [6.07, 6.45) is 0.634. The highest BCUT2D eigenvalue weighted by Gasteiger charge is 2.35. The lowest BCUT2D eigenvalue weighted by Crippen LogP contribution is -2.30. The van der Waals surface area contributed by atoms with E-state index in [9.17, 15) is 9.90 Å². The maximum absolute atomic E-state index is 12.6. The molecule has 1 N–H and O–H groups in total. The molecule has 1 aliphatic rings. The number of benzene rings is 2. The summed E-state index contributed by atoms with van der Waals surface area (Å²) in [6.45, 7) is 0.530. The van der Waals surface area contributed by atoms with Crippen LogP contribution in [0.3, 0.4) is 0 Å². The number of phenols is 1. The topological polar surface area (TPSA) is 77.5 Å². The van der Waals surface area contributed by atoms with Crippen molar-refractivity contribution in [2.45, 2.75) is 11.8 Å². The minimum absolute atomic E-state index is 0.0718. The standard InChI is InChI=1S/C21H25NO6S/c1-25-16-8-6-14(19(27-3)20(16)28-4)21-22(18(24)12-29-21)10-9-13-5-7-15(23)17(11-13)26-2/h5-8,11,21,23H,9-10,12H2,1-4H3. The Balaban J connectivity index is 1.86. The number of thioether (sulfide) groups is 1. The third kappa shape index (κ3) is 4.17. The summed E-state index contributed by atoms with van der Waals surface area (Å²) in [4.78, 5) is 14.4. The molecule has 3 rings (SSSR count). The van der Waals surface area contributed by atoms with Crippen molar-refractivity contribution in [1.29, 1.82) is 0 Å². The van der Waals surface area contributed by atoms with Crippen molar-refractivity contribution in [3.8, 4) is 28.7 Å². The molecule has 1 fully saturated rings. The zero-order valence-electron chi connectivity index (χ0n) is 16.9. The monoisotopic (exact) mass is 419 g/mol. The van der Waals surface area contributed by atoms with Gasteiger partial charge in [-0.2, -0.15) is 0 Å². The van der Waals surface area contributed by atoms with Crippen LogP contribution in [0.15, 0.2) is 30.3 Å². The zero-order chi connectivity index (χ0) is 21.0. The fourth-order valence-electron chi connectivity index (χ4n) is 3.40. The van der Waals surface area contributed by atoms with Crippen LogP contribution in [-0.4, -0.2) is 56.7 Å². The minimum atomic E-state index is -0.184. The molecule has 0 aliphatic carbocycles. The van der Waals surface area contributed by atoms with Gasteiger partial charge in [0.1, 0.15) is 5.37 Å². The molecule has 2 aromatic rings.